The first-order valence-corrected chi connectivity index (χ1v) is 11.5. The van der Waals surface area contributed by atoms with Crippen molar-refractivity contribution in [2.45, 2.75) is 32.9 Å². The van der Waals surface area contributed by atoms with E-state index in [1.54, 1.807) is 13.1 Å². The Morgan fingerprint density at radius 3 is 2.82 bits per heavy atom. The van der Waals surface area contributed by atoms with Gasteiger partial charge in [-0.05, 0) is 60.9 Å². The number of hydrogen-bond donors (Lipinski definition) is 1. The molecule has 0 saturated carbocycles. The lowest BCUT2D eigenvalue weighted by molar-refractivity contribution is -0.114. The number of nitrogens with one attached hydrogen (secondary N) is 1. The molecule has 2 aliphatic rings. The third-order valence-corrected chi connectivity index (χ3v) is 6.68. The van der Waals surface area contributed by atoms with E-state index in [0.29, 0.717) is 11.6 Å². The Balaban J connectivity index is 1.31. The van der Waals surface area contributed by atoms with Crippen molar-refractivity contribution in [3.05, 3.63) is 65.4 Å². The SMILES string of the molecule is CC(=O)Nc1ccc2c(c1)CCN(N1CCN(c3ccc(C#N)c4ncccc34)CC1C)C2. The lowest BCUT2D eigenvalue weighted by Crippen LogP contribution is -2.59. The first-order chi connectivity index (χ1) is 16.0. The summed E-state index contributed by atoms with van der Waals surface area (Å²) in [7, 11) is 0. The van der Waals surface area contributed by atoms with Crippen LogP contribution in [0.25, 0.3) is 10.9 Å². The number of nitrogens with zero attached hydrogens (tertiary/aromatic N) is 5. The molecule has 0 aliphatic carbocycles. The Morgan fingerprint density at radius 2 is 2.03 bits per heavy atom. The molecule has 3 heterocycles. The van der Waals surface area contributed by atoms with Gasteiger partial charge in [-0.25, -0.2) is 10.0 Å². The summed E-state index contributed by atoms with van der Waals surface area (Å²) in [5, 5.41) is 18.4. The molecule has 0 bridgehead atoms. The van der Waals surface area contributed by atoms with Crippen molar-refractivity contribution in [3.63, 3.8) is 0 Å². The first-order valence-electron chi connectivity index (χ1n) is 11.5. The molecule has 1 fully saturated rings. The molecule has 1 aromatic heterocycles. The predicted molar refractivity (Wildman–Crippen MR) is 130 cm³/mol. The average molecular weight is 441 g/mol. The molecule has 2 aliphatic heterocycles. The molecule has 2 aromatic carbocycles. The van der Waals surface area contributed by atoms with Gasteiger partial charge in [0, 0.05) is 68.6 Å². The fourth-order valence-electron chi connectivity index (χ4n) is 5.15. The van der Waals surface area contributed by atoms with Gasteiger partial charge in [0.15, 0.2) is 0 Å². The fourth-order valence-corrected chi connectivity index (χ4v) is 5.15. The topological polar surface area (TPSA) is 75.5 Å². The fraction of sp³-hybridized carbons (Fsp3) is 0.346. The number of carbonyl (C=O) groups excluding carboxylic acids is 1. The summed E-state index contributed by atoms with van der Waals surface area (Å²) in [4.78, 5) is 18.2. The molecule has 1 atom stereocenters. The number of amides is 1. The molecule has 0 spiro atoms. The highest BCUT2D eigenvalue weighted by atomic mass is 16.1. The van der Waals surface area contributed by atoms with Crippen LogP contribution in [0.3, 0.4) is 0 Å². The number of fused-ring (bicyclic) bond motifs is 2. The van der Waals surface area contributed by atoms with Crippen LogP contribution in [-0.2, 0) is 17.8 Å². The van der Waals surface area contributed by atoms with E-state index < -0.39 is 0 Å². The summed E-state index contributed by atoms with van der Waals surface area (Å²) in [6.07, 6.45) is 2.72. The molecular weight excluding hydrogens is 412 g/mol. The monoisotopic (exact) mass is 440 g/mol. The number of pyridine rings is 1. The predicted octanol–water partition coefficient (Wildman–Crippen LogP) is 3.55. The van der Waals surface area contributed by atoms with Crippen LogP contribution in [-0.4, -0.2) is 53.1 Å². The Morgan fingerprint density at radius 1 is 1.15 bits per heavy atom. The normalized spacial score (nSPS) is 19.2. The molecule has 7 nitrogen and oxygen atoms in total. The summed E-state index contributed by atoms with van der Waals surface area (Å²) < 4.78 is 0. The highest BCUT2D eigenvalue weighted by Gasteiger charge is 2.31. The van der Waals surface area contributed by atoms with Gasteiger partial charge in [-0.3, -0.25) is 9.78 Å². The molecule has 7 heteroatoms. The molecule has 168 valence electrons. The first kappa shape index (κ1) is 21.4. The van der Waals surface area contributed by atoms with Gasteiger partial charge in [0.2, 0.25) is 5.91 Å². The van der Waals surface area contributed by atoms with E-state index in [4.69, 9.17) is 0 Å². The maximum Gasteiger partial charge on any atom is 0.221 e. The van der Waals surface area contributed by atoms with E-state index in [9.17, 15) is 10.1 Å². The minimum atomic E-state index is -0.0371. The second kappa shape index (κ2) is 8.81. The minimum absolute atomic E-state index is 0.0371. The number of hydrazine groups is 1. The number of nitriles is 1. The molecule has 1 unspecified atom stereocenters. The Hall–Kier alpha value is -3.47. The summed E-state index contributed by atoms with van der Waals surface area (Å²) in [6.45, 7) is 8.48. The molecule has 33 heavy (non-hydrogen) atoms. The van der Waals surface area contributed by atoms with E-state index in [1.807, 2.05) is 18.2 Å². The van der Waals surface area contributed by atoms with Crippen LogP contribution >= 0.6 is 0 Å². The van der Waals surface area contributed by atoms with Crippen LogP contribution in [0.1, 0.15) is 30.5 Å². The lowest BCUT2D eigenvalue weighted by Gasteiger charge is -2.47. The largest absolute Gasteiger partial charge is 0.368 e. The maximum absolute atomic E-state index is 11.4. The van der Waals surface area contributed by atoms with Crippen LogP contribution in [0.5, 0.6) is 0 Å². The molecule has 5 rings (SSSR count). The summed E-state index contributed by atoms with van der Waals surface area (Å²) >= 11 is 0. The van der Waals surface area contributed by atoms with E-state index in [1.165, 1.54) is 11.1 Å². The van der Waals surface area contributed by atoms with Crippen molar-refractivity contribution in [1.82, 2.24) is 15.0 Å². The highest BCUT2D eigenvalue weighted by Crippen LogP contribution is 2.31. The van der Waals surface area contributed by atoms with Gasteiger partial charge in [0.05, 0.1) is 11.1 Å². The van der Waals surface area contributed by atoms with Crippen LogP contribution in [0, 0.1) is 11.3 Å². The Labute approximate surface area is 194 Å². The number of benzene rings is 2. The molecular formula is C26H28N6O. The summed E-state index contributed by atoms with van der Waals surface area (Å²) in [5.74, 6) is -0.0371. The zero-order valence-corrected chi connectivity index (χ0v) is 19.1. The van der Waals surface area contributed by atoms with E-state index in [-0.39, 0.29) is 5.91 Å². The van der Waals surface area contributed by atoms with Crippen LogP contribution in [0.4, 0.5) is 11.4 Å². The van der Waals surface area contributed by atoms with Gasteiger partial charge in [-0.15, -0.1) is 0 Å². The van der Waals surface area contributed by atoms with Gasteiger partial charge in [0.25, 0.3) is 0 Å². The molecule has 1 N–H and O–H groups in total. The van der Waals surface area contributed by atoms with Crippen LogP contribution < -0.4 is 10.2 Å². The van der Waals surface area contributed by atoms with E-state index >= 15 is 0 Å². The van der Waals surface area contributed by atoms with Gasteiger partial charge >= 0.3 is 0 Å². The van der Waals surface area contributed by atoms with Crippen molar-refractivity contribution in [2.24, 2.45) is 0 Å². The van der Waals surface area contributed by atoms with Gasteiger partial charge in [-0.1, -0.05) is 6.07 Å². The number of aromatic nitrogens is 1. The number of piperazine rings is 1. The second-order valence-corrected chi connectivity index (χ2v) is 8.90. The van der Waals surface area contributed by atoms with E-state index in [2.05, 4.69) is 62.5 Å². The molecule has 3 aromatic rings. The van der Waals surface area contributed by atoms with Gasteiger partial charge < -0.3 is 10.2 Å². The zero-order valence-electron chi connectivity index (χ0n) is 19.1. The molecule has 0 radical (unpaired) electrons. The van der Waals surface area contributed by atoms with E-state index in [0.717, 1.165) is 61.4 Å². The second-order valence-electron chi connectivity index (χ2n) is 8.90. The smallest absolute Gasteiger partial charge is 0.221 e. The minimum Gasteiger partial charge on any atom is -0.368 e. The highest BCUT2D eigenvalue weighted by molar-refractivity contribution is 5.95. The Kier molecular flexibility index (Phi) is 5.71. The van der Waals surface area contributed by atoms with Crippen molar-refractivity contribution < 1.29 is 4.79 Å². The average Bonchev–Trinajstić information content (AvgIpc) is 2.82. The summed E-state index contributed by atoms with van der Waals surface area (Å²) in [6, 6.07) is 16.8. The number of hydrogen-bond acceptors (Lipinski definition) is 6. The third kappa shape index (κ3) is 4.15. The van der Waals surface area contributed by atoms with Crippen molar-refractivity contribution in [1.29, 1.82) is 5.26 Å². The zero-order chi connectivity index (χ0) is 22.9. The third-order valence-electron chi connectivity index (χ3n) is 6.68. The number of anilines is 2. The number of carbonyl (C=O) groups is 1. The van der Waals surface area contributed by atoms with Crippen molar-refractivity contribution in [2.75, 3.05) is 36.4 Å². The van der Waals surface area contributed by atoms with Gasteiger partial charge in [-0.2, -0.15) is 5.26 Å². The molecule has 1 amide bonds. The van der Waals surface area contributed by atoms with Crippen molar-refractivity contribution in [3.8, 4) is 6.07 Å². The van der Waals surface area contributed by atoms with Crippen LogP contribution in [0.2, 0.25) is 0 Å². The quantitative estimate of drug-likeness (QED) is 0.671. The standard InChI is InChI=1S/C26H28N6O/c1-18-16-30(25-8-6-21(15-27)26-24(25)4-3-10-28-26)12-13-32(18)31-11-9-20-14-23(29-19(2)33)7-5-22(20)17-31/h3-8,10,14,18H,9,11-13,16-17H2,1-2H3,(H,29,33). The summed E-state index contributed by atoms with van der Waals surface area (Å²) in [5.41, 5.74) is 6.07. The maximum atomic E-state index is 11.4. The van der Waals surface area contributed by atoms with Gasteiger partial charge in [0.1, 0.15) is 6.07 Å². The lowest BCUT2D eigenvalue weighted by atomic mass is 9.99. The van der Waals surface area contributed by atoms with Crippen LogP contribution in [0.15, 0.2) is 48.7 Å². The molecule has 1 saturated heterocycles. The number of rotatable bonds is 3. The Bertz CT molecular complexity index is 1250. The van der Waals surface area contributed by atoms with Crippen molar-refractivity contribution >= 4 is 28.2 Å².